The molecule has 0 aromatic rings. The van der Waals surface area contributed by atoms with Crippen LogP contribution in [0.2, 0.25) is 0 Å². The molecule has 0 saturated carbocycles. The lowest BCUT2D eigenvalue weighted by Crippen LogP contribution is -2.34. The third-order valence-electron chi connectivity index (χ3n) is 4.48. The van der Waals surface area contributed by atoms with Gasteiger partial charge in [0.05, 0.1) is 0 Å². The minimum atomic E-state index is -1.21. The van der Waals surface area contributed by atoms with Crippen LogP contribution in [0.1, 0.15) is 71.1 Å². The highest BCUT2D eigenvalue weighted by atomic mass is 16.6. The van der Waals surface area contributed by atoms with E-state index in [1.54, 1.807) is 6.29 Å². The van der Waals surface area contributed by atoms with Crippen molar-refractivity contribution in [3.05, 3.63) is 32.4 Å². The molecule has 1 radical (unpaired) electrons. The summed E-state index contributed by atoms with van der Waals surface area (Å²) in [6.07, 6.45) is 6.66. The van der Waals surface area contributed by atoms with Crippen molar-refractivity contribution in [3.8, 4) is 0 Å². The number of aliphatic hydroxyl groups is 2. The quantitative estimate of drug-likeness (QED) is 0.169. The Hall–Kier alpha value is -1.87. The van der Waals surface area contributed by atoms with Crippen LogP contribution >= 0.6 is 0 Å². The predicted molar refractivity (Wildman–Crippen MR) is 100 cm³/mol. The molecule has 0 rings (SSSR count). The Labute approximate surface area is 159 Å². The van der Waals surface area contributed by atoms with E-state index in [0.717, 1.165) is 19.3 Å². The van der Waals surface area contributed by atoms with Crippen LogP contribution in [0, 0.1) is 20.2 Å². The molecule has 9 heteroatoms. The van der Waals surface area contributed by atoms with Gasteiger partial charge in [-0.05, 0) is 25.7 Å². The van der Waals surface area contributed by atoms with Crippen LogP contribution in [0.5, 0.6) is 0 Å². The van der Waals surface area contributed by atoms with E-state index < -0.39 is 34.1 Å². The van der Waals surface area contributed by atoms with E-state index in [0.29, 0.717) is 19.3 Å². The van der Waals surface area contributed by atoms with E-state index >= 15 is 0 Å². The van der Waals surface area contributed by atoms with Crippen LogP contribution in [0.4, 0.5) is 0 Å². The van der Waals surface area contributed by atoms with E-state index in [2.05, 4.69) is 0 Å². The van der Waals surface area contributed by atoms with Gasteiger partial charge in [0.15, 0.2) is 6.29 Å². The van der Waals surface area contributed by atoms with E-state index in [9.17, 15) is 35.2 Å². The summed E-state index contributed by atoms with van der Waals surface area (Å²) in [4.78, 5) is 31.3. The van der Waals surface area contributed by atoms with Gasteiger partial charge in [-0.3, -0.25) is 25.0 Å². The molecule has 4 atom stereocenters. The van der Waals surface area contributed by atoms with Gasteiger partial charge >= 0.3 is 0 Å². The molecule has 2 N–H and O–H groups in total. The van der Waals surface area contributed by atoms with E-state index in [4.69, 9.17) is 0 Å². The third-order valence-corrected chi connectivity index (χ3v) is 4.48. The molecule has 0 heterocycles. The molecule has 0 aromatic heterocycles. The van der Waals surface area contributed by atoms with Crippen LogP contribution in [-0.4, -0.2) is 50.6 Å². The molecule has 0 aliphatic rings. The predicted octanol–water partition coefficient (Wildman–Crippen LogP) is 2.59. The smallest absolute Gasteiger partial charge is 0.241 e. The molecule has 0 aromatic carbocycles. The zero-order chi connectivity index (χ0) is 20.7. The van der Waals surface area contributed by atoms with Crippen molar-refractivity contribution in [1.29, 1.82) is 0 Å². The standard InChI is InChI=1S/C18H31N2O7/c1-2-3-5-12-17(22)16(20(26)27)11-7-8-13-18(23)15(19(24)25)10-6-4-9-14-21/h7-8,15-18,22-23H,2-6,9-13H2,1H3. The van der Waals surface area contributed by atoms with Crippen molar-refractivity contribution in [2.75, 3.05) is 0 Å². The second-order valence-corrected chi connectivity index (χ2v) is 6.67. The maximum Gasteiger partial charge on any atom is 0.241 e. The fraction of sp³-hybridized carbons (Fsp3) is 0.833. The van der Waals surface area contributed by atoms with Crippen LogP contribution in [-0.2, 0) is 4.79 Å². The molecule has 9 nitrogen and oxygen atoms in total. The number of aliphatic hydroxyl groups excluding tert-OH is 2. The van der Waals surface area contributed by atoms with Gasteiger partial charge in [0.1, 0.15) is 12.2 Å². The number of nitro groups is 2. The zero-order valence-electron chi connectivity index (χ0n) is 15.9. The van der Waals surface area contributed by atoms with Crippen molar-refractivity contribution < 1.29 is 24.9 Å². The second kappa shape index (κ2) is 15.2. The van der Waals surface area contributed by atoms with Gasteiger partial charge in [-0.25, -0.2) is 0 Å². The summed E-state index contributed by atoms with van der Waals surface area (Å²) in [6.45, 7) is 2.00. The first-order valence-electron chi connectivity index (χ1n) is 9.48. The molecule has 0 aliphatic carbocycles. The minimum Gasteiger partial charge on any atom is -0.386 e. The molecule has 0 fully saturated rings. The summed E-state index contributed by atoms with van der Waals surface area (Å²) in [6, 6.07) is -2.27. The van der Waals surface area contributed by atoms with Crippen LogP contribution in [0.3, 0.4) is 0 Å². The molecular formula is C18H31N2O7. The monoisotopic (exact) mass is 387 g/mol. The topological polar surface area (TPSA) is 144 Å². The van der Waals surface area contributed by atoms with Crippen molar-refractivity contribution in [1.82, 2.24) is 0 Å². The first-order valence-corrected chi connectivity index (χ1v) is 9.48. The first-order chi connectivity index (χ1) is 12.8. The van der Waals surface area contributed by atoms with Gasteiger partial charge in [-0.15, -0.1) is 0 Å². The van der Waals surface area contributed by atoms with E-state index in [-0.39, 0.29) is 25.7 Å². The van der Waals surface area contributed by atoms with Gasteiger partial charge in [-0.2, -0.15) is 0 Å². The number of carbonyl (C=O) groups excluding carboxylic acids is 1. The first kappa shape index (κ1) is 25.1. The Bertz CT molecular complexity index is 471. The van der Waals surface area contributed by atoms with Gasteiger partial charge < -0.3 is 10.2 Å². The normalized spacial score (nSPS) is 16.0. The molecular weight excluding hydrogens is 356 g/mol. The highest BCUT2D eigenvalue weighted by Crippen LogP contribution is 2.15. The lowest BCUT2D eigenvalue weighted by atomic mass is 9.99. The molecule has 0 aliphatic heterocycles. The molecule has 0 saturated heterocycles. The van der Waals surface area contributed by atoms with Crippen molar-refractivity contribution >= 4 is 6.29 Å². The molecule has 155 valence electrons. The third kappa shape index (κ3) is 11.4. The van der Waals surface area contributed by atoms with E-state index in [1.807, 2.05) is 6.92 Å². The minimum absolute atomic E-state index is 0.00180. The second-order valence-electron chi connectivity index (χ2n) is 6.67. The Morgan fingerprint density at radius 1 is 0.889 bits per heavy atom. The summed E-state index contributed by atoms with van der Waals surface area (Å²) < 4.78 is 0. The summed E-state index contributed by atoms with van der Waals surface area (Å²) in [5.74, 6) is 0. The number of hydrogen-bond donors (Lipinski definition) is 2. The molecule has 27 heavy (non-hydrogen) atoms. The van der Waals surface area contributed by atoms with Gasteiger partial charge in [0, 0.05) is 29.1 Å². The van der Waals surface area contributed by atoms with Gasteiger partial charge in [0.25, 0.3) is 0 Å². The van der Waals surface area contributed by atoms with Crippen molar-refractivity contribution in [2.24, 2.45) is 0 Å². The Balaban J connectivity index is 4.48. The lowest BCUT2D eigenvalue weighted by Gasteiger charge is -2.15. The Kier molecular flexibility index (Phi) is 14.2. The summed E-state index contributed by atoms with van der Waals surface area (Å²) in [5, 5.41) is 42.2. The molecule has 4 unspecified atom stereocenters. The fourth-order valence-corrected chi connectivity index (χ4v) is 2.80. The average molecular weight is 387 g/mol. The lowest BCUT2D eigenvalue weighted by molar-refractivity contribution is -0.535. The van der Waals surface area contributed by atoms with Crippen molar-refractivity contribution in [3.63, 3.8) is 0 Å². The maximum absolute atomic E-state index is 11.1. The number of unbranched alkanes of at least 4 members (excludes halogenated alkanes) is 4. The largest absolute Gasteiger partial charge is 0.386 e. The number of rotatable bonds is 17. The summed E-state index contributed by atoms with van der Waals surface area (Å²) >= 11 is 0. The van der Waals surface area contributed by atoms with Crippen LogP contribution in [0.15, 0.2) is 12.2 Å². The maximum atomic E-state index is 11.1. The van der Waals surface area contributed by atoms with Crippen LogP contribution < -0.4 is 0 Å². The Morgan fingerprint density at radius 2 is 1.48 bits per heavy atom. The zero-order valence-corrected chi connectivity index (χ0v) is 15.9. The molecule has 0 bridgehead atoms. The molecule has 0 amide bonds. The summed E-state index contributed by atoms with van der Waals surface area (Å²) in [5.41, 5.74) is 0. The van der Waals surface area contributed by atoms with Gasteiger partial charge in [-0.1, -0.05) is 38.3 Å². The summed E-state index contributed by atoms with van der Waals surface area (Å²) in [7, 11) is 0. The van der Waals surface area contributed by atoms with E-state index in [1.165, 1.54) is 12.2 Å². The Morgan fingerprint density at radius 3 is 2.04 bits per heavy atom. The van der Waals surface area contributed by atoms with Crippen molar-refractivity contribution in [2.45, 2.75) is 95.4 Å². The fourth-order valence-electron chi connectivity index (χ4n) is 2.80. The number of hydrogen-bond acceptors (Lipinski definition) is 7. The average Bonchev–Trinajstić information content (AvgIpc) is 2.60. The van der Waals surface area contributed by atoms with Gasteiger partial charge in [0.2, 0.25) is 12.1 Å². The SMILES string of the molecule is CCCCCC(O)C(CC=CCC(O)C(CCCC[C]=O)[N+](=O)[O-])[N+](=O)[O-]. The highest BCUT2D eigenvalue weighted by molar-refractivity contribution is 5.50. The highest BCUT2D eigenvalue weighted by Gasteiger charge is 2.29. The number of nitrogens with zero attached hydrogens (tertiary/aromatic N) is 2. The van der Waals surface area contributed by atoms with Crippen LogP contribution in [0.25, 0.3) is 0 Å². The molecule has 0 spiro atoms.